The van der Waals surface area contributed by atoms with Gasteiger partial charge in [-0.2, -0.15) is 13.2 Å². The molecule has 2 aliphatic rings. The van der Waals surface area contributed by atoms with Crippen LogP contribution in [-0.2, 0) is 9.53 Å². The van der Waals surface area contributed by atoms with E-state index in [1.165, 1.54) is 0 Å². The van der Waals surface area contributed by atoms with E-state index in [0.717, 1.165) is 13.0 Å². The molecule has 18 heavy (non-hydrogen) atoms. The van der Waals surface area contributed by atoms with E-state index < -0.39 is 18.1 Å². The molecule has 0 bridgehead atoms. The van der Waals surface area contributed by atoms with E-state index in [4.69, 9.17) is 4.74 Å². The molecule has 1 N–H and O–H groups in total. The van der Waals surface area contributed by atoms with Crippen LogP contribution in [0.1, 0.15) is 19.8 Å². The zero-order valence-electron chi connectivity index (χ0n) is 10.2. The summed E-state index contributed by atoms with van der Waals surface area (Å²) in [5.74, 6) is -1.84. The number of piperidine rings is 1. The molecule has 0 aromatic heterocycles. The number of amides is 1. The standard InChI is InChI=1S/C11H17F3N2O2/c1-2-16-5-8(15-9(17)11(12,13)14)3-4-10(16)6-18-7-10/h8H,2-7H2,1H3,(H,15,17). The monoisotopic (exact) mass is 266 g/mol. The molecule has 1 unspecified atom stereocenters. The van der Waals surface area contributed by atoms with E-state index >= 15 is 0 Å². The normalized spacial score (nSPS) is 27.9. The molecule has 104 valence electrons. The number of nitrogens with zero attached hydrogens (tertiary/aromatic N) is 1. The van der Waals surface area contributed by atoms with Crippen LogP contribution >= 0.6 is 0 Å². The highest BCUT2D eigenvalue weighted by Crippen LogP contribution is 2.34. The number of carbonyl (C=O) groups is 1. The second-order valence-corrected chi connectivity index (χ2v) is 4.96. The van der Waals surface area contributed by atoms with Gasteiger partial charge in [-0.15, -0.1) is 0 Å². The molecule has 0 radical (unpaired) electrons. The molecule has 0 aromatic carbocycles. The molecule has 1 amide bonds. The van der Waals surface area contributed by atoms with E-state index in [1.54, 1.807) is 0 Å². The second kappa shape index (κ2) is 4.70. The number of halogens is 3. The first-order valence-corrected chi connectivity index (χ1v) is 6.08. The number of nitrogens with one attached hydrogen (secondary N) is 1. The number of hydrogen-bond donors (Lipinski definition) is 1. The summed E-state index contributed by atoms with van der Waals surface area (Å²) >= 11 is 0. The van der Waals surface area contributed by atoms with E-state index in [1.807, 2.05) is 6.92 Å². The van der Waals surface area contributed by atoms with Crippen LogP contribution in [0.25, 0.3) is 0 Å². The number of hydrogen-bond acceptors (Lipinski definition) is 3. The fourth-order valence-electron chi connectivity index (χ4n) is 2.67. The lowest BCUT2D eigenvalue weighted by Gasteiger charge is -2.54. The summed E-state index contributed by atoms with van der Waals surface area (Å²) in [7, 11) is 0. The summed E-state index contributed by atoms with van der Waals surface area (Å²) in [5.41, 5.74) is -0.00574. The van der Waals surface area contributed by atoms with Crippen molar-refractivity contribution in [3.05, 3.63) is 0 Å². The van der Waals surface area contributed by atoms with Crippen molar-refractivity contribution in [2.24, 2.45) is 0 Å². The Labute approximate surface area is 103 Å². The molecule has 0 aliphatic carbocycles. The summed E-state index contributed by atoms with van der Waals surface area (Å²) < 4.78 is 41.7. The van der Waals surface area contributed by atoms with Crippen molar-refractivity contribution in [2.75, 3.05) is 26.3 Å². The summed E-state index contributed by atoms with van der Waals surface area (Å²) in [5, 5.41) is 2.06. The van der Waals surface area contributed by atoms with Gasteiger partial charge >= 0.3 is 12.1 Å². The van der Waals surface area contributed by atoms with Gasteiger partial charge in [0.1, 0.15) is 0 Å². The van der Waals surface area contributed by atoms with Crippen molar-refractivity contribution < 1.29 is 22.7 Å². The Balaban J connectivity index is 1.92. The van der Waals surface area contributed by atoms with Gasteiger partial charge in [0.2, 0.25) is 0 Å². The Morgan fingerprint density at radius 3 is 2.61 bits per heavy atom. The number of likely N-dealkylation sites (N-methyl/N-ethyl adjacent to an activating group) is 1. The van der Waals surface area contributed by atoms with Crippen molar-refractivity contribution in [2.45, 2.75) is 37.5 Å². The van der Waals surface area contributed by atoms with Crippen LogP contribution in [0.3, 0.4) is 0 Å². The average Bonchev–Trinajstić information content (AvgIpc) is 2.25. The average molecular weight is 266 g/mol. The van der Waals surface area contributed by atoms with Crippen LogP contribution in [0.5, 0.6) is 0 Å². The molecule has 0 aromatic rings. The smallest absolute Gasteiger partial charge is 0.377 e. The fourth-order valence-corrected chi connectivity index (χ4v) is 2.67. The number of ether oxygens (including phenoxy) is 1. The predicted octanol–water partition coefficient (Wildman–Crippen LogP) is 0.918. The van der Waals surface area contributed by atoms with Crippen molar-refractivity contribution in [1.82, 2.24) is 10.2 Å². The minimum atomic E-state index is -4.80. The lowest BCUT2D eigenvalue weighted by molar-refractivity contribution is -0.178. The van der Waals surface area contributed by atoms with Gasteiger partial charge in [0, 0.05) is 12.6 Å². The molecular weight excluding hydrogens is 249 g/mol. The predicted molar refractivity (Wildman–Crippen MR) is 58.0 cm³/mol. The molecule has 2 saturated heterocycles. The molecule has 2 fully saturated rings. The van der Waals surface area contributed by atoms with Crippen LogP contribution in [0.4, 0.5) is 13.2 Å². The summed E-state index contributed by atoms with van der Waals surface area (Å²) in [6.45, 7) is 4.46. The Kier molecular flexibility index (Phi) is 3.55. The Bertz CT molecular complexity index is 329. The zero-order chi connectivity index (χ0) is 13.4. The molecule has 7 heteroatoms. The molecular formula is C11H17F3N2O2. The maximum Gasteiger partial charge on any atom is 0.471 e. The van der Waals surface area contributed by atoms with Crippen LogP contribution in [-0.4, -0.2) is 54.9 Å². The van der Waals surface area contributed by atoms with Gasteiger partial charge in [-0.25, -0.2) is 0 Å². The number of alkyl halides is 3. The van der Waals surface area contributed by atoms with E-state index in [9.17, 15) is 18.0 Å². The van der Waals surface area contributed by atoms with Crippen LogP contribution in [0.15, 0.2) is 0 Å². The molecule has 4 nitrogen and oxygen atoms in total. The van der Waals surface area contributed by atoms with E-state index in [2.05, 4.69) is 10.2 Å². The van der Waals surface area contributed by atoms with Gasteiger partial charge in [-0.05, 0) is 19.4 Å². The van der Waals surface area contributed by atoms with Crippen LogP contribution in [0.2, 0.25) is 0 Å². The van der Waals surface area contributed by atoms with Gasteiger partial charge < -0.3 is 10.1 Å². The van der Waals surface area contributed by atoms with Crippen molar-refractivity contribution in [3.63, 3.8) is 0 Å². The lowest BCUT2D eigenvalue weighted by Crippen LogP contribution is -2.68. The van der Waals surface area contributed by atoms with E-state index in [0.29, 0.717) is 26.2 Å². The molecule has 2 aliphatic heterocycles. The third-order valence-corrected chi connectivity index (χ3v) is 3.79. The van der Waals surface area contributed by atoms with Crippen molar-refractivity contribution >= 4 is 5.91 Å². The van der Waals surface area contributed by atoms with Crippen LogP contribution in [0, 0.1) is 0 Å². The third kappa shape index (κ3) is 2.47. The molecule has 2 heterocycles. The topological polar surface area (TPSA) is 41.6 Å². The minimum Gasteiger partial charge on any atom is -0.377 e. The van der Waals surface area contributed by atoms with Gasteiger partial charge in [0.15, 0.2) is 0 Å². The minimum absolute atomic E-state index is 0.00574. The molecule has 0 saturated carbocycles. The largest absolute Gasteiger partial charge is 0.471 e. The highest BCUT2D eigenvalue weighted by Gasteiger charge is 2.48. The van der Waals surface area contributed by atoms with Crippen molar-refractivity contribution in [1.29, 1.82) is 0 Å². The van der Waals surface area contributed by atoms with Gasteiger partial charge in [-0.1, -0.05) is 6.92 Å². The SMILES string of the molecule is CCN1CC(NC(=O)C(F)(F)F)CCC12COC2. The fraction of sp³-hybridized carbons (Fsp3) is 0.909. The highest BCUT2D eigenvalue weighted by atomic mass is 19.4. The van der Waals surface area contributed by atoms with Crippen molar-refractivity contribution in [3.8, 4) is 0 Å². The van der Waals surface area contributed by atoms with Crippen LogP contribution < -0.4 is 5.32 Å². The second-order valence-electron chi connectivity index (χ2n) is 4.96. The number of carbonyl (C=O) groups excluding carboxylic acids is 1. The first kappa shape index (κ1) is 13.6. The van der Waals surface area contributed by atoms with Gasteiger partial charge in [-0.3, -0.25) is 9.69 Å². The zero-order valence-corrected chi connectivity index (χ0v) is 10.2. The number of rotatable bonds is 2. The maximum atomic E-state index is 12.2. The number of likely N-dealkylation sites (tertiary alicyclic amines) is 1. The maximum absolute atomic E-state index is 12.2. The van der Waals surface area contributed by atoms with Gasteiger partial charge in [0.05, 0.1) is 18.8 Å². The molecule has 1 spiro atoms. The Morgan fingerprint density at radius 2 is 2.17 bits per heavy atom. The van der Waals surface area contributed by atoms with Gasteiger partial charge in [0.25, 0.3) is 0 Å². The Morgan fingerprint density at radius 1 is 1.50 bits per heavy atom. The third-order valence-electron chi connectivity index (χ3n) is 3.79. The quantitative estimate of drug-likeness (QED) is 0.808. The summed E-state index contributed by atoms with van der Waals surface area (Å²) in [6.07, 6.45) is -3.46. The molecule has 1 atom stereocenters. The first-order chi connectivity index (χ1) is 8.37. The summed E-state index contributed by atoms with van der Waals surface area (Å²) in [4.78, 5) is 13.0. The molecule has 2 rings (SSSR count). The Hall–Kier alpha value is -0.820. The highest BCUT2D eigenvalue weighted by molar-refractivity contribution is 5.81. The summed E-state index contributed by atoms with van der Waals surface area (Å²) in [6, 6.07) is -0.426. The lowest BCUT2D eigenvalue weighted by atomic mass is 9.83. The van der Waals surface area contributed by atoms with E-state index in [-0.39, 0.29) is 5.54 Å². The first-order valence-electron chi connectivity index (χ1n) is 6.08.